The molecule has 0 radical (unpaired) electrons. The van der Waals surface area contributed by atoms with Crippen LogP contribution in [0.15, 0.2) is 35.9 Å². The second-order valence-electron chi connectivity index (χ2n) is 3.08. The van der Waals surface area contributed by atoms with E-state index in [1.807, 2.05) is 0 Å². The summed E-state index contributed by atoms with van der Waals surface area (Å²) in [5.41, 5.74) is 0.892. The third-order valence-corrected chi connectivity index (χ3v) is 1.88. The van der Waals surface area contributed by atoms with Gasteiger partial charge in [0.2, 0.25) is 0 Å². The van der Waals surface area contributed by atoms with E-state index in [0.717, 1.165) is 0 Å². The molecule has 0 aliphatic rings. The molecule has 4 heteroatoms. The number of nitrogens with one attached hydrogen (secondary N) is 1. The molecular formula is C11H12FNO2. The molecule has 0 aliphatic heterocycles. The summed E-state index contributed by atoms with van der Waals surface area (Å²) in [7, 11) is 0. The summed E-state index contributed by atoms with van der Waals surface area (Å²) in [5.74, 6) is -1.27. The zero-order valence-corrected chi connectivity index (χ0v) is 8.33. The smallest absolute Gasteiger partial charge is 0.331 e. The maximum absolute atomic E-state index is 12.7. The lowest BCUT2D eigenvalue weighted by Gasteiger charge is -2.03. The van der Waals surface area contributed by atoms with Gasteiger partial charge in [0.05, 0.1) is 0 Å². The summed E-state index contributed by atoms with van der Waals surface area (Å²) in [6.07, 6.45) is 1.53. The number of carbonyl (C=O) groups is 1. The third-order valence-electron chi connectivity index (χ3n) is 1.88. The van der Waals surface area contributed by atoms with Crippen molar-refractivity contribution in [1.82, 2.24) is 0 Å². The van der Waals surface area contributed by atoms with Crippen LogP contribution in [0.3, 0.4) is 0 Å². The Bertz CT molecular complexity index is 388. The molecule has 2 N–H and O–H groups in total. The van der Waals surface area contributed by atoms with E-state index < -0.39 is 5.97 Å². The lowest BCUT2D eigenvalue weighted by molar-refractivity contribution is -0.132. The van der Waals surface area contributed by atoms with Crippen LogP contribution in [0.5, 0.6) is 0 Å². The average molecular weight is 209 g/mol. The van der Waals surface area contributed by atoms with Crippen LogP contribution in [-0.4, -0.2) is 17.6 Å². The van der Waals surface area contributed by atoms with Crippen LogP contribution in [0.25, 0.3) is 0 Å². The molecule has 0 saturated heterocycles. The minimum atomic E-state index is -0.948. The zero-order chi connectivity index (χ0) is 11.3. The van der Waals surface area contributed by atoms with Gasteiger partial charge in [0.1, 0.15) is 5.82 Å². The Kier molecular flexibility index (Phi) is 3.85. The summed E-state index contributed by atoms with van der Waals surface area (Å²) >= 11 is 0. The highest BCUT2D eigenvalue weighted by Crippen LogP contribution is 2.08. The van der Waals surface area contributed by atoms with Gasteiger partial charge in [-0.05, 0) is 25.1 Å². The molecule has 1 aromatic rings. The van der Waals surface area contributed by atoms with Crippen LogP contribution in [-0.2, 0) is 4.79 Å². The Balaban J connectivity index is 2.51. The van der Waals surface area contributed by atoms with Crippen molar-refractivity contribution in [3.05, 3.63) is 41.7 Å². The normalized spacial score (nSPS) is 11.2. The fourth-order valence-corrected chi connectivity index (χ4v) is 1.01. The monoisotopic (exact) mass is 209 g/mol. The van der Waals surface area contributed by atoms with Crippen LogP contribution >= 0.6 is 0 Å². The highest BCUT2D eigenvalue weighted by molar-refractivity contribution is 5.85. The number of halogens is 1. The maximum Gasteiger partial charge on any atom is 0.331 e. The fraction of sp³-hybridized carbons (Fsp3) is 0.182. The van der Waals surface area contributed by atoms with E-state index in [0.29, 0.717) is 12.2 Å². The summed E-state index contributed by atoms with van der Waals surface area (Å²) in [6.45, 7) is 1.87. The standard InChI is InChI=1S/C11H12FNO2/c1-8(11(14)15)5-6-13-10-4-2-3-9(12)7-10/h2-5,7,13H,6H2,1H3,(H,14,15)/b8-5-. The average Bonchev–Trinajstić information content (AvgIpc) is 2.17. The van der Waals surface area contributed by atoms with E-state index in [2.05, 4.69) is 5.32 Å². The highest BCUT2D eigenvalue weighted by Gasteiger charge is 1.98. The fourth-order valence-electron chi connectivity index (χ4n) is 1.01. The van der Waals surface area contributed by atoms with E-state index in [1.54, 1.807) is 12.1 Å². The lowest BCUT2D eigenvalue weighted by atomic mass is 10.2. The van der Waals surface area contributed by atoms with Crippen molar-refractivity contribution in [1.29, 1.82) is 0 Å². The van der Waals surface area contributed by atoms with Gasteiger partial charge in [-0.25, -0.2) is 9.18 Å². The van der Waals surface area contributed by atoms with Crippen LogP contribution in [0.1, 0.15) is 6.92 Å². The number of rotatable bonds is 4. The molecule has 0 aromatic heterocycles. The Morgan fingerprint density at radius 2 is 2.33 bits per heavy atom. The molecule has 3 nitrogen and oxygen atoms in total. The first kappa shape index (κ1) is 11.2. The van der Waals surface area contributed by atoms with Crippen molar-refractivity contribution < 1.29 is 14.3 Å². The van der Waals surface area contributed by atoms with Gasteiger partial charge in [0.25, 0.3) is 0 Å². The molecule has 1 rings (SSSR count). The van der Waals surface area contributed by atoms with Gasteiger partial charge >= 0.3 is 5.97 Å². The van der Waals surface area contributed by atoms with E-state index in [1.165, 1.54) is 25.1 Å². The van der Waals surface area contributed by atoms with Crippen LogP contribution in [0.2, 0.25) is 0 Å². The molecule has 0 unspecified atom stereocenters. The predicted molar refractivity (Wildman–Crippen MR) is 56.3 cm³/mol. The van der Waals surface area contributed by atoms with Gasteiger partial charge in [0.15, 0.2) is 0 Å². The molecule has 0 spiro atoms. The van der Waals surface area contributed by atoms with Gasteiger partial charge in [-0.2, -0.15) is 0 Å². The molecule has 0 bridgehead atoms. The van der Waals surface area contributed by atoms with Crippen LogP contribution in [0, 0.1) is 5.82 Å². The minimum absolute atomic E-state index is 0.263. The van der Waals surface area contributed by atoms with Crippen molar-refractivity contribution in [3.8, 4) is 0 Å². The number of carboxylic acid groups (broad SMARTS) is 1. The van der Waals surface area contributed by atoms with E-state index >= 15 is 0 Å². The summed E-state index contributed by atoms with van der Waals surface area (Å²) in [5, 5.41) is 11.5. The van der Waals surface area contributed by atoms with Crippen molar-refractivity contribution in [3.63, 3.8) is 0 Å². The molecular weight excluding hydrogens is 197 g/mol. The lowest BCUT2D eigenvalue weighted by Crippen LogP contribution is -2.03. The largest absolute Gasteiger partial charge is 0.478 e. The highest BCUT2D eigenvalue weighted by atomic mass is 19.1. The predicted octanol–water partition coefficient (Wildman–Crippen LogP) is 2.27. The second kappa shape index (κ2) is 5.14. The number of anilines is 1. The summed E-state index contributed by atoms with van der Waals surface area (Å²) in [4.78, 5) is 10.4. The molecule has 0 aliphatic carbocycles. The Morgan fingerprint density at radius 3 is 2.93 bits per heavy atom. The van der Waals surface area contributed by atoms with E-state index in [-0.39, 0.29) is 11.4 Å². The molecule has 0 amide bonds. The van der Waals surface area contributed by atoms with Crippen molar-refractivity contribution >= 4 is 11.7 Å². The molecule has 0 heterocycles. The molecule has 0 atom stereocenters. The van der Waals surface area contributed by atoms with Crippen molar-refractivity contribution in [2.75, 3.05) is 11.9 Å². The first-order valence-corrected chi connectivity index (χ1v) is 4.49. The first-order valence-electron chi connectivity index (χ1n) is 4.49. The molecule has 1 aromatic carbocycles. The summed E-state index contributed by atoms with van der Waals surface area (Å²) < 4.78 is 12.7. The summed E-state index contributed by atoms with van der Waals surface area (Å²) in [6, 6.07) is 6.01. The Morgan fingerprint density at radius 1 is 1.60 bits per heavy atom. The Labute approximate surface area is 87.2 Å². The number of hydrogen-bond acceptors (Lipinski definition) is 2. The number of aliphatic carboxylic acids is 1. The Hall–Kier alpha value is -1.84. The van der Waals surface area contributed by atoms with Gasteiger partial charge in [-0.15, -0.1) is 0 Å². The molecule has 0 fully saturated rings. The van der Waals surface area contributed by atoms with Crippen LogP contribution in [0.4, 0.5) is 10.1 Å². The van der Waals surface area contributed by atoms with Crippen molar-refractivity contribution in [2.45, 2.75) is 6.92 Å². The van der Waals surface area contributed by atoms with Gasteiger partial charge in [-0.1, -0.05) is 12.1 Å². The zero-order valence-electron chi connectivity index (χ0n) is 8.33. The SMILES string of the molecule is C/C(=C/CNc1cccc(F)c1)C(=O)O. The first-order chi connectivity index (χ1) is 7.09. The third kappa shape index (κ3) is 3.81. The van der Waals surface area contributed by atoms with E-state index in [4.69, 9.17) is 5.11 Å². The second-order valence-corrected chi connectivity index (χ2v) is 3.08. The topological polar surface area (TPSA) is 49.3 Å². The minimum Gasteiger partial charge on any atom is -0.478 e. The number of benzene rings is 1. The maximum atomic E-state index is 12.7. The molecule has 80 valence electrons. The van der Waals surface area contributed by atoms with Crippen LogP contribution < -0.4 is 5.32 Å². The molecule has 15 heavy (non-hydrogen) atoms. The number of carboxylic acids is 1. The van der Waals surface area contributed by atoms with Gasteiger partial charge in [-0.3, -0.25) is 0 Å². The van der Waals surface area contributed by atoms with E-state index in [9.17, 15) is 9.18 Å². The molecule has 0 saturated carbocycles. The van der Waals surface area contributed by atoms with Gasteiger partial charge < -0.3 is 10.4 Å². The quantitative estimate of drug-likeness (QED) is 0.748. The van der Waals surface area contributed by atoms with Gasteiger partial charge in [0, 0.05) is 17.8 Å². The van der Waals surface area contributed by atoms with Crippen molar-refractivity contribution in [2.24, 2.45) is 0 Å². The number of hydrogen-bond donors (Lipinski definition) is 2.